The summed E-state index contributed by atoms with van der Waals surface area (Å²) in [5.74, 6) is 3.41. The van der Waals surface area contributed by atoms with Gasteiger partial charge >= 0.3 is 0 Å². The van der Waals surface area contributed by atoms with Crippen LogP contribution in [0.5, 0.6) is 11.5 Å². The minimum absolute atomic E-state index is 0.279. The Bertz CT molecular complexity index is 539. The highest BCUT2D eigenvalue weighted by molar-refractivity contribution is 9.10. The van der Waals surface area contributed by atoms with Crippen molar-refractivity contribution in [3.63, 3.8) is 0 Å². The molecule has 5 heteroatoms. The zero-order valence-corrected chi connectivity index (χ0v) is 13.6. The van der Waals surface area contributed by atoms with Crippen molar-refractivity contribution >= 4 is 15.9 Å². The van der Waals surface area contributed by atoms with Crippen LogP contribution in [0.3, 0.4) is 0 Å². The number of nitrogens with zero attached hydrogens (tertiary/aromatic N) is 1. The molecule has 1 aromatic rings. The molecule has 1 saturated heterocycles. The molecule has 1 aliphatic carbocycles. The molecule has 3 unspecified atom stereocenters. The van der Waals surface area contributed by atoms with E-state index in [1.807, 2.05) is 0 Å². The molecule has 3 aliphatic rings. The summed E-state index contributed by atoms with van der Waals surface area (Å²) in [4.78, 5) is 2.57. The maximum Gasteiger partial charge on any atom is 0.231 e. The fraction of sp³-hybridized carbons (Fsp3) is 0.625. The van der Waals surface area contributed by atoms with Crippen molar-refractivity contribution in [1.29, 1.82) is 0 Å². The van der Waals surface area contributed by atoms with Gasteiger partial charge in [0.1, 0.15) is 0 Å². The molecule has 114 valence electrons. The van der Waals surface area contributed by atoms with Gasteiger partial charge in [0.15, 0.2) is 11.5 Å². The van der Waals surface area contributed by atoms with Crippen molar-refractivity contribution in [2.45, 2.75) is 25.3 Å². The molecule has 21 heavy (non-hydrogen) atoms. The number of likely N-dealkylation sites (tertiary alicyclic amines) is 1. The highest BCUT2D eigenvalue weighted by Gasteiger charge is 2.39. The standard InChI is InChI=1S/C16H21BrN2O2/c17-13-4-12(5-15-16(13)21-9-20-15)14(6-18)19-7-10-2-1-3-11(10)8-19/h4-5,10-11,14H,1-3,6-9,18H2. The lowest BCUT2D eigenvalue weighted by molar-refractivity contribution is 0.173. The molecule has 3 atom stereocenters. The lowest BCUT2D eigenvalue weighted by Crippen LogP contribution is -2.32. The topological polar surface area (TPSA) is 47.7 Å². The highest BCUT2D eigenvalue weighted by Crippen LogP contribution is 2.44. The summed E-state index contributed by atoms with van der Waals surface area (Å²) >= 11 is 3.59. The first-order valence-electron chi connectivity index (χ1n) is 7.79. The zero-order valence-electron chi connectivity index (χ0n) is 12.1. The van der Waals surface area contributed by atoms with Crippen LogP contribution in [0.1, 0.15) is 30.9 Å². The summed E-state index contributed by atoms with van der Waals surface area (Å²) in [6.07, 6.45) is 4.19. The van der Waals surface area contributed by atoms with Gasteiger partial charge in [-0.15, -0.1) is 0 Å². The van der Waals surface area contributed by atoms with Gasteiger partial charge in [-0.25, -0.2) is 0 Å². The largest absolute Gasteiger partial charge is 0.454 e. The summed E-state index contributed by atoms with van der Waals surface area (Å²) < 4.78 is 12.0. The van der Waals surface area contributed by atoms with Crippen LogP contribution in [0, 0.1) is 11.8 Å². The average Bonchev–Trinajstić information content (AvgIpc) is 3.13. The van der Waals surface area contributed by atoms with Crippen LogP contribution in [0.25, 0.3) is 0 Å². The van der Waals surface area contributed by atoms with Crippen molar-refractivity contribution in [3.8, 4) is 11.5 Å². The highest BCUT2D eigenvalue weighted by atomic mass is 79.9. The van der Waals surface area contributed by atoms with Gasteiger partial charge in [-0.3, -0.25) is 4.90 Å². The van der Waals surface area contributed by atoms with Gasteiger partial charge in [0, 0.05) is 25.7 Å². The molecule has 2 N–H and O–H groups in total. The maximum absolute atomic E-state index is 6.10. The van der Waals surface area contributed by atoms with E-state index in [0.717, 1.165) is 27.8 Å². The number of ether oxygens (including phenoxy) is 2. The molecule has 2 aliphatic heterocycles. The van der Waals surface area contributed by atoms with Crippen molar-refractivity contribution in [2.24, 2.45) is 17.6 Å². The molecule has 1 aromatic carbocycles. The van der Waals surface area contributed by atoms with E-state index in [9.17, 15) is 0 Å². The van der Waals surface area contributed by atoms with Crippen LogP contribution in [0.2, 0.25) is 0 Å². The van der Waals surface area contributed by atoms with Crippen LogP contribution >= 0.6 is 15.9 Å². The van der Waals surface area contributed by atoms with E-state index >= 15 is 0 Å². The molecule has 0 radical (unpaired) electrons. The van der Waals surface area contributed by atoms with Gasteiger partial charge in [-0.1, -0.05) is 6.42 Å². The van der Waals surface area contributed by atoms with E-state index in [4.69, 9.17) is 15.2 Å². The molecule has 4 rings (SSSR count). The number of fused-ring (bicyclic) bond motifs is 2. The molecule has 0 aromatic heterocycles. The second-order valence-corrected chi connectivity index (χ2v) is 7.25. The zero-order chi connectivity index (χ0) is 14.4. The summed E-state index contributed by atoms with van der Waals surface area (Å²) in [5, 5.41) is 0. The first-order valence-corrected chi connectivity index (χ1v) is 8.58. The van der Waals surface area contributed by atoms with Gasteiger partial charge in [-0.2, -0.15) is 0 Å². The molecule has 0 spiro atoms. The minimum atomic E-state index is 0.279. The monoisotopic (exact) mass is 352 g/mol. The summed E-state index contributed by atoms with van der Waals surface area (Å²) in [6.45, 7) is 3.33. The summed E-state index contributed by atoms with van der Waals surface area (Å²) in [5.41, 5.74) is 7.33. The number of rotatable bonds is 3. The van der Waals surface area contributed by atoms with E-state index in [1.165, 1.54) is 37.9 Å². The second kappa shape index (κ2) is 5.45. The summed E-state index contributed by atoms with van der Waals surface area (Å²) in [7, 11) is 0. The molecular formula is C16H21BrN2O2. The minimum Gasteiger partial charge on any atom is -0.454 e. The normalized spacial score (nSPS) is 28.9. The Morgan fingerprint density at radius 2 is 2.00 bits per heavy atom. The van der Waals surface area contributed by atoms with Crippen molar-refractivity contribution in [3.05, 3.63) is 22.2 Å². The molecule has 2 heterocycles. The second-order valence-electron chi connectivity index (χ2n) is 6.39. The number of halogens is 1. The SMILES string of the molecule is NCC(c1cc(Br)c2c(c1)OCO2)N1CC2CCCC2C1. The smallest absolute Gasteiger partial charge is 0.231 e. The third kappa shape index (κ3) is 2.35. The van der Waals surface area contributed by atoms with Crippen molar-refractivity contribution in [1.82, 2.24) is 4.90 Å². The summed E-state index contributed by atoms with van der Waals surface area (Å²) in [6, 6.07) is 4.51. The van der Waals surface area contributed by atoms with Crippen LogP contribution in [0.15, 0.2) is 16.6 Å². The molecular weight excluding hydrogens is 332 g/mol. The Kier molecular flexibility index (Phi) is 3.59. The molecule has 1 saturated carbocycles. The van der Waals surface area contributed by atoms with Gasteiger partial charge in [-0.05, 0) is 58.3 Å². The van der Waals surface area contributed by atoms with Gasteiger partial charge in [0.25, 0.3) is 0 Å². The Balaban J connectivity index is 1.60. The fourth-order valence-corrected chi connectivity index (χ4v) is 4.78. The van der Waals surface area contributed by atoms with Crippen LogP contribution in [-0.4, -0.2) is 31.3 Å². The molecule has 0 amide bonds. The third-order valence-electron chi connectivity index (χ3n) is 5.25. The van der Waals surface area contributed by atoms with Crippen LogP contribution < -0.4 is 15.2 Å². The van der Waals surface area contributed by atoms with Gasteiger partial charge in [0.05, 0.1) is 4.47 Å². The van der Waals surface area contributed by atoms with E-state index < -0.39 is 0 Å². The maximum atomic E-state index is 6.10. The third-order valence-corrected chi connectivity index (χ3v) is 5.84. The predicted octanol–water partition coefficient (Wildman–Crippen LogP) is 2.91. The Labute approximate surface area is 133 Å². The first-order chi connectivity index (χ1) is 10.3. The van der Waals surface area contributed by atoms with Crippen molar-refractivity contribution in [2.75, 3.05) is 26.4 Å². The first kappa shape index (κ1) is 13.9. The molecule has 2 fully saturated rings. The predicted molar refractivity (Wildman–Crippen MR) is 84.5 cm³/mol. The lowest BCUT2D eigenvalue weighted by Gasteiger charge is -2.28. The van der Waals surface area contributed by atoms with Crippen molar-refractivity contribution < 1.29 is 9.47 Å². The molecule has 4 nitrogen and oxygen atoms in total. The number of hydrogen-bond acceptors (Lipinski definition) is 4. The Morgan fingerprint density at radius 1 is 1.24 bits per heavy atom. The quantitative estimate of drug-likeness (QED) is 0.908. The van der Waals surface area contributed by atoms with Gasteiger partial charge < -0.3 is 15.2 Å². The van der Waals surface area contributed by atoms with E-state index in [2.05, 4.69) is 33.0 Å². The number of nitrogens with two attached hydrogens (primary N) is 1. The Morgan fingerprint density at radius 3 is 2.71 bits per heavy atom. The van der Waals surface area contributed by atoms with E-state index in [-0.39, 0.29) is 6.04 Å². The lowest BCUT2D eigenvalue weighted by atomic mass is 10.0. The number of benzene rings is 1. The van der Waals surface area contributed by atoms with Gasteiger partial charge in [0.2, 0.25) is 6.79 Å². The fourth-order valence-electron chi connectivity index (χ4n) is 4.20. The van der Waals surface area contributed by atoms with E-state index in [0.29, 0.717) is 13.3 Å². The number of hydrogen-bond donors (Lipinski definition) is 1. The van der Waals surface area contributed by atoms with Crippen LogP contribution in [0.4, 0.5) is 0 Å². The average molecular weight is 353 g/mol. The van der Waals surface area contributed by atoms with Crippen LogP contribution in [-0.2, 0) is 0 Å². The van der Waals surface area contributed by atoms with E-state index in [1.54, 1.807) is 0 Å². The Hall–Kier alpha value is -0.780. The molecule has 0 bridgehead atoms.